The third-order valence-corrected chi connectivity index (χ3v) is 3.09. The number of rotatable bonds is 5. The van der Waals surface area contributed by atoms with Crippen LogP contribution in [0.5, 0.6) is 0 Å². The lowest BCUT2D eigenvalue weighted by molar-refractivity contribution is -0.146. The number of hydrogen-bond acceptors (Lipinski definition) is 3. The Balaban J connectivity index is 2.35. The van der Waals surface area contributed by atoms with Crippen molar-refractivity contribution in [2.24, 2.45) is 5.92 Å². The van der Waals surface area contributed by atoms with Crippen molar-refractivity contribution in [2.45, 2.75) is 57.8 Å². The van der Waals surface area contributed by atoms with Crippen LogP contribution in [-0.2, 0) is 9.53 Å². The lowest BCUT2D eigenvalue weighted by atomic mass is 10.0. The van der Waals surface area contributed by atoms with E-state index >= 15 is 0 Å². The Labute approximate surface area is 90.2 Å². The largest absolute Gasteiger partial charge is 0.481 e. The fourth-order valence-corrected chi connectivity index (χ4v) is 1.90. The summed E-state index contributed by atoms with van der Waals surface area (Å²) in [6.45, 7) is 3.60. The third-order valence-electron chi connectivity index (χ3n) is 3.09. The minimum atomic E-state index is -0.809. The van der Waals surface area contributed by atoms with Gasteiger partial charge in [0.05, 0.1) is 24.2 Å². The zero-order chi connectivity index (χ0) is 11.4. The van der Waals surface area contributed by atoms with Crippen LogP contribution in [0.3, 0.4) is 0 Å². The molecule has 0 radical (unpaired) electrons. The molecule has 1 rings (SSSR count). The van der Waals surface area contributed by atoms with Crippen LogP contribution in [0.4, 0.5) is 0 Å². The van der Waals surface area contributed by atoms with Crippen LogP contribution in [0.2, 0.25) is 0 Å². The van der Waals surface area contributed by atoms with Crippen LogP contribution in [-0.4, -0.2) is 34.5 Å². The lowest BCUT2D eigenvalue weighted by Crippen LogP contribution is -2.26. The van der Waals surface area contributed by atoms with Gasteiger partial charge in [-0.15, -0.1) is 0 Å². The summed E-state index contributed by atoms with van der Waals surface area (Å²) in [6.07, 6.45) is 2.52. The molecular weight excluding hydrogens is 196 g/mol. The SMILES string of the molecule is CC[C@H](O)C[C@H]1CC[C@@H]([C@H](C)C(=O)O)O1. The number of hydrogen-bond donors (Lipinski definition) is 2. The Morgan fingerprint density at radius 1 is 1.53 bits per heavy atom. The fraction of sp³-hybridized carbons (Fsp3) is 0.909. The van der Waals surface area contributed by atoms with E-state index in [1.165, 1.54) is 0 Å². The van der Waals surface area contributed by atoms with Gasteiger partial charge in [-0.3, -0.25) is 4.79 Å². The van der Waals surface area contributed by atoms with Gasteiger partial charge in [-0.2, -0.15) is 0 Å². The van der Waals surface area contributed by atoms with Crippen molar-refractivity contribution < 1.29 is 19.7 Å². The quantitative estimate of drug-likeness (QED) is 0.729. The molecule has 15 heavy (non-hydrogen) atoms. The van der Waals surface area contributed by atoms with Gasteiger partial charge < -0.3 is 14.9 Å². The lowest BCUT2D eigenvalue weighted by Gasteiger charge is -2.18. The molecule has 1 saturated heterocycles. The maximum atomic E-state index is 10.7. The predicted octanol–water partition coefficient (Wildman–Crippen LogP) is 1.42. The van der Waals surface area contributed by atoms with Gasteiger partial charge in [0.1, 0.15) is 0 Å². The first-order chi connectivity index (χ1) is 7.04. The second kappa shape index (κ2) is 5.47. The molecule has 1 aliphatic rings. The summed E-state index contributed by atoms with van der Waals surface area (Å²) in [5.41, 5.74) is 0. The summed E-state index contributed by atoms with van der Waals surface area (Å²) in [4.78, 5) is 10.7. The molecule has 1 aliphatic heterocycles. The van der Waals surface area contributed by atoms with Crippen molar-refractivity contribution in [2.75, 3.05) is 0 Å². The number of aliphatic hydroxyl groups excluding tert-OH is 1. The summed E-state index contributed by atoms with van der Waals surface area (Å²) in [5.74, 6) is -1.26. The highest BCUT2D eigenvalue weighted by Gasteiger charge is 2.33. The summed E-state index contributed by atoms with van der Waals surface area (Å²) in [7, 11) is 0. The maximum absolute atomic E-state index is 10.7. The first-order valence-corrected chi connectivity index (χ1v) is 5.61. The number of aliphatic carboxylic acids is 1. The molecule has 4 nitrogen and oxygen atoms in total. The molecule has 1 heterocycles. The van der Waals surface area contributed by atoms with Crippen LogP contribution in [0.15, 0.2) is 0 Å². The van der Waals surface area contributed by atoms with E-state index in [1.807, 2.05) is 6.92 Å². The van der Waals surface area contributed by atoms with Crippen molar-refractivity contribution in [3.63, 3.8) is 0 Å². The first-order valence-electron chi connectivity index (χ1n) is 5.61. The molecule has 0 aromatic carbocycles. The second-order valence-electron chi connectivity index (χ2n) is 4.30. The van der Waals surface area contributed by atoms with Crippen LogP contribution >= 0.6 is 0 Å². The topological polar surface area (TPSA) is 66.8 Å². The van der Waals surface area contributed by atoms with Crippen LogP contribution in [0.25, 0.3) is 0 Å². The second-order valence-corrected chi connectivity index (χ2v) is 4.30. The zero-order valence-corrected chi connectivity index (χ0v) is 9.35. The normalized spacial score (nSPS) is 30.1. The van der Waals surface area contributed by atoms with E-state index < -0.39 is 11.9 Å². The number of ether oxygens (including phenoxy) is 1. The van der Waals surface area contributed by atoms with E-state index in [4.69, 9.17) is 9.84 Å². The molecule has 0 aromatic heterocycles. The van der Waals surface area contributed by atoms with Crippen LogP contribution in [0.1, 0.15) is 39.5 Å². The van der Waals surface area contributed by atoms with Gasteiger partial charge in [-0.1, -0.05) is 6.92 Å². The standard InChI is InChI=1S/C11H20O4/c1-3-8(12)6-9-4-5-10(15-9)7(2)11(13)14/h7-10,12H,3-6H2,1-2H3,(H,13,14)/t7-,8-,9+,10-/m0/s1. The molecule has 1 fully saturated rings. The predicted molar refractivity (Wildman–Crippen MR) is 55.6 cm³/mol. The van der Waals surface area contributed by atoms with E-state index in [9.17, 15) is 9.90 Å². The number of carbonyl (C=O) groups is 1. The van der Waals surface area contributed by atoms with Gasteiger partial charge in [-0.25, -0.2) is 0 Å². The Hall–Kier alpha value is -0.610. The fourth-order valence-electron chi connectivity index (χ4n) is 1.90. The summed E-state index contributed by atoms with van der Waals surface area (Å²) in [5, 5.41) is 18.3. The Morgan fingerprint density at radius 3 is 2.73 bits per heavy atom. The average Bonchev–Trinajstić information content (AvgIpc) is 2.64. The number of aliphatic hydroxyl groups is 1. The van der Waals surface area contributed by atoms with Crippen molar-refractivity contribution >= 4 is 5.97 Å². The summed E-state index contributed by atoms with van der Waals surface area (Å²) < 4.78 is 5.62. The smallest absolute Gasteiger partial charge is 0.308 e. The minimum Gasteiger partial charge on any atom is -0.481 e. The van der Waals surface area contributed by atoms with Crippen molar-refractivity contribution in [1.82, 2.24) is 0 Å². The van der Waals surface area contributed by atoms with Crippen molar-refractivity contribution in [3.05, 3.63) is 0 Å². The van der Waals surface area contributed by atoms with Crippen molar-refractivity contribution in [3.8, 4) is 0 Å². The maximum Gasteiger partial charge on any atom is 0.308 e. The molecule has 0 spiro atoms. The molecule has 0 saturated carbocycles. The van der Waals surface area contributed by atoms with E-state index in [0.29, 0.717) is 6.42 Å². The highest BCUT2D eigenvalue weighted by Crippen LogP contribution is 2.28. The van der Waals surface area contributed by atoms with Crippen LogP contribution in [0, 0.1) is 5.92 Å². The monoisotopic (exact) mass is 216 g/mol. The Morgan fingerprint density at radius 2 is 2.20 bits per heavy atom. The van der Waals surface area contributed by atoms with Gasteiger partial charge in [-0.05, 0) is 32.6 Å². The van der Waals surface area contributed by atoms with Gasteiger partial charge in [0.15, 0.2) is 0 Å². The Bertz CT molecular complexity index is 217. The highest BCUT2D eigenvalue weighted by molar-refractivity contribution is 5.70. The molecule has 4 heteroatoms. The third kappa shape index (κ3) is 3.47. The molecule has 0 aliphatic carbocycles. The molecule has 88 valence electrons. The number of carboxylic acids is 1. The zero-order valence-electron chi connectivity index (χ0n) is 9.35. The number of carboxylic acid groups (broad SMARTS) is 1. The summed E-state index contributed by atoms with van der Waals surface area (Å²) >= 11 is 0. The Kier molecular flexibility index (Phi) is 4.54. The van der Waals surface area contributed by atoms with Gasteiger partial charge in [0, 0.05) is 0 Å². The molecule has 0 amide bonds. The van der Waals surface area contributed by atoms with Gasteiger partial charge in [0.25, 0.3) is 0 Å². The van der Waals surface area contributed by atoms with E-state index in [-0.39, 0.29) is 18.3 Å². The van der Waals surface area contributed by atoms with Gasteiger partial charge in [0.2, 0.25) is 0 Å². The highest BCUT2D eigenvalue weighted by atomic mass is 16.5. The molecule has 0 unspecified atom stereocenters. The van der Waals surface area contributed by atoms with Gasteiger partial charge >= 0.3 is 5.97 Å². The molecule has 2 N–H and O–H groups in total. The molecule has 0 aromatic rings. The molecule has 0 bridgehead atoms. The van der Waals surface area contributed by atoms with E-state index in [2.05, 4.69) is 0 Å². The van der Waals surface area contributed by atoms with E-state index in [0.717, 1.165) is 19.3 Å². The molecule has 4 atom stereocenters. The average molecular weight is 216 g/mol. The van der Waals surface area contributed by atoms with Crippen LogP contribution < -0.4 is 0 Å². The summed E-state index contributed by atoms with van der Waals surface area (Å²) in [6, 6.07) is 0. The first kappa shape index (κ1) is 12.5. The van der Waals surface area contributed by atoms with E-state index in [1.54, 1.807) is 6.92 Å². The minimum absolute atomic E-state index is 0.0340. The molecular formula is C11H20O4. The van der Waals surface area contributed by atoms with Crippen molar-refractivity contribution in [1.29, 1.82) is 0 Å².